The van der Waals surface area contributed by atoms with Crippen LogP contribution < -0.4 is 14.9 Å². The van der Waals surface area contributed by atoms with E-state index in [0.717, 1.165) is 16.7 Å². The van der Waals surface area contributed by atoms with Crippen LogP contribution >= 0.6 is 0 Å². The molecule has 0 aliphatic carbocycles. The molecule has 0 amide bonds. The Morgan fingerprint density at radius 2 is 1.74 bits per heavy atom. The Morgan fingerprint density at radius 3 is 2.48 bits per heavy atom. The molecule has 0 radical (unpaired) electrons. The Labute approximate surface area is 179 Å². The molecular formula is C26H22O5. The third-order valence-corrected chi connectivity index (χ3v) is 5.10. The number of fused-ring (bicyclic) bond motifs is 1. The Bertz CT molecular complexity index is 1320. The standard InChI is InChI=1S/C26H22O5/c1-16-9-12-22(29-3)19(13-16)14-24(27)31-20-10-11-21-23(15-20)30-17(2)25(26(21)28)18-7-5-4-6-8-18/h4-13,15H,14H2,1-3H3. The van der Waals surface area contributed by atoms with Gasteiger partial charge in [0.25, 0.3) is 0 Å². The summed E-state index contributed by atoms with van der Waals surface area (Å²) in [7, 11) is 1.57. The van der Waals surface area contributed by atoms with Crippen molar-refractivity contribution in [1.82, 2.24) is 0 Å². The summed E-state index contributed by atoms with van der Waals surface area (Å²) in [5.41, 5.74) is 3.37. The summed E-state index contributed by atoms with van der Waals surface area (Å²) in [6.07, 6.45) is 0.0683. The predicted octanol–water partition coefficient (Wildman–Crippen LogP) is 5.23. The molecule has 0 spiro atoms. The molecular weight excluding hydrogens is 392 g/mol. The van der Waals surface area contributed by atoms with Crippen molar-refractivity contribution in [3.8, 4) is 22.6 Å². The fraction of sp³-hybridized carbons (Fsp3) is 0.154. The van der Waals surface area contributed by atoms with E-state index in [-0.39, 0.29) is 11.8 Å². The summed E-state index contributed by atoms with van der Waals surface area (Å²) in [6.45, 7) is 3.71. The van der Waals surface area contributed by atoms with Crippen LogP contribution in [0.4, 0.5) is 0 Å². The average Bonchev–Trinajstić information content (AvgIpc) is 2.74. The average molecular weight is 414 g/mol. The first-order chi connectivity index (χ1) is 15.0. The maximum atomic E-state index is 13.0. The molecule has 1 heterocycles. The van der Waals surface area contributed by atoms with Crippen LogP contribution in [0.25, 0.3) is 22.1 Å². The van der Waals surface area contributed by atoms with E-state index in [1.807, 2.05) is 55.5 Å². The number of aryl methyl sites for hydroxylation is 2. The topological polar surface area (TPSA) is 65.7 Å². The first-order valence-corrected chi connectivity index (χ1v) is 9.93. The van der Waals surface area contributed by atoms with E-state index in [1.54, 1.807) is 32.2 Å². The lowest BCUT2D eigenvalue weighted by molar-refractivity contribution is -0.133. The number of rotatable bonds is 5. The molecule has 31 heavy (non-hydrogen) atoms. The van der Waals surface area contributed by atoms with Crippen LogP contribution in [0, 0.1) is 13.8 Å². The zero-order valence-electron chi connectivity index (χ0n) is 17.6. The third-order valence-electron chi connectivity index (χ3n) is 5.10. The van der Waals surface area contributed by atoms with Gasteiger partial charge in [0.1, 0.15) is 22.8 Å². The van der Waals surface area contributed by atoms with E-state index in [2.05, 4.69) is 0 Å². The maximum Gasteiger partial charge on any atom is 0.315 e. The molecule has 0 atom stereocenters. The van der Waals surface area contributed by atoms with Crippen molar-refractivity contribution in [3.05, 3.63) is 93.8 Å². The molecule has 3 aromatic carbocycles. The van der Waals surface area contributed by atoms with Gasteiger partial charge in [-0.2, -0.15) is 0 Å². The predicted molar refractivity (Wildman–Crippen MR) is 120 cm³/mol. The minimum Gasteiger partial charge on any atom is -0.496 e. The number of hydrogen-bond donors (Lipinski definition) is 0. The summed E-state index contributed by atoms with van der Waals surface area (Å²) < 4.78 is 16.7. The molecule has 0 aliphatic rings. The Morgan fingerprint density at radius 1 is 0.968 bits per heavy atom. The van der Waals surface area contributed by atoms with Crippen LogP contribution in [0.15, 0.2) is 75.9 Å². The van der Waals surface area contributed by atoms with E-state index in [1.165, 1.54) is 0 Å². The van der Waals surface area contributed by atoms with Crippen molar-refractivity contribution >= 4 is 16.9 Å². The highest BCUT2D eigenvalue weighted by Crippen LogP contribution is 2.27. The van der Waals surface area contributed by atoms with Crippen LogP contribution in [0.3, 0.4) is 0 Å². The van der Waals surface area contributed by atoms with Gasteiger partial charge in [-0.1, -0.05) is 48.0 Å². The lowest BCUT2D eigenvalue weighted by atomic mass is 10.0. The first-order valence-electron chi connectivity index (χ1n) is 9.93. The number of hydrogen-bond acceptors (Lipinski definition) is 5. The van der Waals surface area contributed by atoms with Gasteiger partial charge in [-0.05, 0) is 37.6 Å². The maximum absolute atomic E-state index is 13.0. The molecule has 0 bridgehead atoms. The quantitative estimate of drug-likeness (QED) is 0.330. The zero-order chi connectivity index (χ0) is 22.0. The van der Waals surface area contributed by atoms with E-state index in [0.29, 0.717) is 33.8 Å². The van der Waals surface area contributed by atoms with Gasteiger partial charge in [0.2, 0.25) is 5.43 Å². The molecule has 0 N–H and O–H groups in total. The van der Waals surface area contributed by atoms with Gasteiger partial charge in [0.05, 0.1) is 24.5 Å². The van der Waals surface area contributed by atoms with Gasteiger partial charge in [0.15, 0.2) is 0 Å². The summed E-state index contributed by atoms with van der Waals surface area (Å²) in [5.74, 6) is 1.04. The molecule has 0 unspecified atom stereocenters. The Balaban J connectivity index is 1.62. The summed E-state index contributed by atoms with van der Waals surface area (Å²) >= 11 is 0. The van der Waals surface area contributed by atoms with Crippen LogP contribution in [-0.2, 0) is 11.2 Å². The molecule has 1 aromatic heterocycles. The number of benzene rings is 3. The second-order valence-electron chi connectivity index (χ2n) is 7.35. The number of esters is 1. The fourth-order valence-corrected chi connectivity index (χ4v) is 3.66. The minimum absolute atomic E-state index is 0.0683. The molecule has 156 valence electrons. The second kappa shape index (κ2) is 8.48. The van der Waals surface area contributed by atoms with Crippen LogP contribution in [0.1, 0.15) is 16.9 Å². The smallest absolute Gasteiger partial charge is 0.315 e. The van der Waals surface area contributed by atoms with Gasteiger partial charge in [0, 0.05) is 11.6 Å². The van der Waals surface area contributed by atoms with Crippen LogP contribution in [-0.4, -0.2) is 13.1 Å². The minimum atomic E-state index is -0.428. The summed E-state index contributed by atoms with van der Waals surface area (Å²) in [4.78, 5) is 25.5. The van der Waals surface area contributed by atoms with E-state index < -0.39 is 5.97 Å². The molecule has 0 saturated heterocycles. The highest BCUT2D eigenvalue weighted by Gasteiger charge is 2.16. The largest absolute Gasteiger partial charge is 0.496 e. The lowest BCUT2D eigenvalue weighted by Crippen LogP contribution is -2.12. The fourth-order valence-electron chi connectivity index (χ4n) is 3.66. The Kier molecular flexibility index (Phi) is 5.58. The number of carbonyl (C=O) groups is 1. The lowest BCUT2D eigenvalue weighted by Gasteiger charge is -2.10. The van der Waals surface area contributed by atoms with Crippen molar-refractivity contribution in [2.24, 2.45) is 0 Å². The number of methoxy groups -OCH3 is 1. The molecule has 5 heteroatoms. The highest BCUT2D eigenvalue weighted by molar-refractivity contribution is 5.85. The van der Waals surface area contributed by atoms with Crippen molar-refractivity contribution < 1.29 is 18.7 Å². The second-order valence-corrected chi connectivity index (χ2v) is 7.35. The molecule has 4 rings (SSSR count). The van der Waals surface area contributed by atoms with Crippen molar-refractivity contribution in [3.63, 3.8) is 0 Å². The highest BCUT2D eigenvalue weighted by atomic mass is 16.5. The van der Waals surface area contributed by atoms with Gasteiger partial charge in [-0.25, -0.2) is 0 Å². The Hall–Kier alpha value is -3.86. The first kappa shape index (κ1) is 20.4. The van der Waals surface area contributed by atoms with E-state index in [4.69, 9.17) is 13.9 Å². The molecule has 0 aliphatic heterocycles. The van der Waals surface area contributed by atoms with E-state index >= 15 is 0 Å². The molecule has 0 saturated carbocycles. The summed E-state index contributed by atoms with van der Waals surface area (Å²) in [6, 6.07) is 19.9. The van der Waals surface area contributed by atoms with Gasteiger partial charge < -0.3 is 13.9 Å². The SMILES string of the molecule is COc1ccc(C)cc1CC(=O)Oc1ccc2c(=O)c(-c3ccccc3)c(C)oc2c1. The van der Waals surface area contributed by atoms with Crippen molar-refractivity contribution in [2.45, 2.75) is 20.3 Å². The van der Waals surface area contributed by atoms with Gasteiger partial charge >= 0.3 is 5.97 Å². The summed E-state index contributed by atoms with van der Waals surface area (Å²) in [5, 5.41) is 0.435. The zero-order valence-corrected chi connectivity index (χ0v) is 17.6. The normalized spacial score (nSPS) is 10.8. The number of carbonyl (C=O) groups excluding carboxylic acids is 1. The molecule has 4 aromatic rings. The molecule has 5 nitrogen and oxygen atoms in total. The van der Waals surface area contributed by atoms with E-state index in [9.17, 15) is 9.59 Å². The van der Waals surface area contributed by atoms with Crippen molar-refractivity contribution in [2.75, 3.05) is 7.11 Å². The van der Waals surface area contributed by atoms with Gasteiger partial charge in [-0.3, -0.25) is 9.59 Å². The molecule has 0 fully saturated rings. The van der Waals surface area contributed by atoms with Crippen LogP contribution in [0.5, 0.6) is 11.5 Å². The monoisotopic (exact) mass is 414 g/mol. The number of ether oxygens (including phenoxy) is 2. The van der Waals surface area contributed by atoms with Gasteiger partial charge in [-0.15, -0.1) is 0 Å². The van der Waals surface area contributed by atoms with Crippen LogP contribution in [0.2, 0.25) is 0 Å². The van der Waals surface area contributed by atoms with Crippen molar-refractivity contribution in [1.29, 1.82) is 0 Å². The third kappa shape index (κ3) is 4.21.